The summed E-state index contributed by atoms with van der Waals surface area (Å²) in [7, 11) is 0. The molecule has 0 radical (unpaired) electrons. The van der Waals surface area contributed by atoms with Gasteiger partial charge in [0.25, 0.3) is 0 Å². The number of hydrogen-bond donors (Lipinski definition) is 0. The number of unbranched alkanes of at least 4 members (excludes halogenated alkanes) is 1. The van der Waals surface area contributed by atoms with Gasteiger partial charge in [0.05, 0.1) is 5.57 Å². The molecule has 3 heteroatoms. The van der Waals surface area contributed by atoms with Gasteiger partial charge in [0, 0.05) is 31.6 Å². The van der Waals surface area contributed by atoms with E-state index in [0.29, 0.717) is 18.4 Å². The zero-order chi connectivity index (χ0) is 13.0. The summed E-state index contributed by atoms with van der Waals surface area (Å²) in [6, 6.07) is 0. The quantitative estimate of drug-likeness (QED) is 0.568. The van der Waals surface area contributed by atoms with Crippen molar-refractivity contribution in [3.63, 3.8) is 0 Å². The molecule has 2 aliphatic rings. The van der Waals surface area contributed by atoms with Gasteiger partial charge < -0.3 is 4.90 Å². The van der Waals surface area contributed by atoms with Crippen LogP contribution in [0.25, 0.3) is 0 Å². The maximum atomic E-state index is 12.1. The van der Waals surface area contributed by atoms with E-state index < -0.39 is 0 Å². The molecule has 2 fully saturated rings. The van der Waals surface area contributed by atoms with Crippen LogP contribution in [0.15, 0.2) is 11.3 Å². The van der Waals surface area contributed by atoms with Gasteiger partial charge in [0.1, 0.15) is 0 Å². The first-order valence-electron chi connectivity index (χ1n) is 7.28. The third kappa shape index (κ3) is 2.82. The molecule has 1 saturated heterocycles. The normalized spacial score (nSPS) is 20.7. The molecular weight excluding hydrogens is 226 g/mol. The Morgan fingerprint density at radius 2 is 1.67 bits per heavy atom. The third-order valence-corrected chi connectivity index (χ3v) is 3.91. The van der Waals surface area contributed by atoms with Crippen LogP contribution in [0, 0.1) is 0 Å². The lowest BCUT2D eigenvalue weighted by Crippen LogP contribution is -2.28. The molecular formula is C15H23NO2. The van der Waals surface area contributed by atoms with Crippen molar-refractivity contribution >= 4 is 11.6 Å². The average Bonchev–Trinajstić information content (AvgIpc) is 2.86. The number of nitrogens with zero attached hydrogens (tertiary/aromatic N) is 1. The summed E-state index contributed by atoms with van der Waals surface area (Å²) in [6.07, 6.45) is 7.29. The smallest absolute Gasteiger partial charge is 0.168 e. The van der Waals surface area contributed by atoms with Gasteiger partial charge in [0.2, 0.25) is 0 Å². The van der Waals surface area contributed by atoms with Gasteiger partial charge in [-0.25, -0.2) is 0 Å². The second-order valence-corrected chi connectivity index (χ2v) is 5.32. The van der Waals surface area contributed by atoms with E-state index in [1.165, 1.54) is 12.8 Å². The fourth-order valence-corrected chi connectivity index (χ4v) is 2.91. The topological polar surface area (TPSA) is 37.4 Å². The highest BCUT2D eigenvalue weighted by molar-refractivity contribution is 6.22. The van der Waals surface area contributed by atoms with E-state index in [2.05, 4.69) is 11.8 Å². The molecule has 0 unspecified atom stereocenters. The standard InChI is InChI=1S/C15H23NO2/c1-2-3-7-12(16-10-4-5-11-16)15-13(17)8-6-9-14(15)18/h2-11H2,1H3. The average molecular weight is 249 g/mol. The molecule has 0 aromatic carbocycles. The number of allylic oxidation sites excluding steroid dienone is 2. The van der Waals surface area contributed by atoms with Crippen LogP contribution in [0.4, 0.5) is 0 Å². The molecule has 0 aromatic heterocycles. The van der Waals surface area contributed by atoms with Gasteiger partial charge in [-0.3, -0.25) is 9.59 Å². The minimum atomic E-state index is 0.0873. The number of carbonyl (C=O) groups is 2. The molecule has 1 saturated carbocycles. The van der Waals surface area contributed by atoms with Gasteiger partial charge in [0.15, 0.2) is 11.6 Å². The molecule has 3 nitrogen and oxygen atoms in total. The maximum absolute atomic E-state index is 12.1. The summed E-state index contributed by atoms with van der Waals surface area (Å²) < 4.78 is 0. The van der Waals surface area contributed by atoms with Crippen LogP contribution in [0.3, 0.4) is 0 Å². The Morgan fingerprint density at radius 3 is 2.22 bits per heavy atom. The van der Waals surface area contributed by atoms with Crippen molar-refractivity contribution in [3.8, 4) is 0 Å². The molecule has 100 valence electrons. The summed E-state index contributed by atoms with van der Waals surface area (Å²) in [5, 5.41) is 0. The number of rotatable bonds is 4. The van der Waals surface area contributed by atoms with Crippen LogP contribution in [0.5, 0.6) is 0 Å². The predicted octanol–water partition coefficient (Wildman–Crippen LogP) is 2.85. The van der Waals surface area contributed by atoms with Gasteiger partial charge in [-0.15, -0.1) is 0 Å². The Morgan fingerprint density at radius 1 is 1.06 bits per heavy atom. The second-order valence-electron chi connectivity index (χ2n) is 5.32. The van der Waals surface area contributed by atoms with Crippen LogP contribution in [-0.4, -0.2) is 29.6 Å². The lowest BCUT2D eigenvalue weighted by Gasteiger charge is -2.26. The fourth-order valence-electron chi connectivity index (χ4n) is 2.91. The summed E-state index contributed by atoms with van der Waals surface area (Å²) in [5.41, 5.74) is 1.61. The van der Waals surface area contributed by atoms with Gasteiger partial charge in [-0.2, -0.15) is 0 Å². The molecule has 0 N–H and O–H groups in total. The van der Waals surface area contributed by atoms with Crippen molar-refractivity contribution in [1.29, 1.82) is 0 Å². The number of ketones is 2. The molecule has 1 aliphatic carbocycles. The van der Waals surface area contributed by atoms with E-state index in [0.717, 1.165) is 44.5 Å². The van der Waals surface area contributed by atoms with Crippen LogP contribution in [0.2, 0.25) is 0 Å². The lowest BCUT2D eigenvalue weighted by atomic mass is 9.89. The Bertz CT molecular complexity index is 347. The summed E-state index contributed by atoms with van der Waals surface area (Å²) in [5.74, 6) is 0.175. The molecule has 0 spiro atoms. The third-order valence-electron chi connectivity index (χ3n) is 3.91. The van der Waals surface area contributed by atoms with E-state index in [9.17, 15) is 9.59 Å². The molecule has 0 bridgehead atoms. The highest BCUT2D eigenvalue weighted by atomic mass is 16.1. The second kappa shape index (κ2) is 6.17. The first-order chi connectivity index (χ1) is 8.74. The summed E-state index contributed by atoms with van der Waals surface area (Å²) >= 11 is 0. The highest BCUT2D eigenvalue weighted by Crippen LogP contribution is 2.27. The van der Waals surface area contributed by atoms with E-state index in [4.69, 9.17) is 0 Å². The molecule has 1 heterocycles. The fraction of sp³-hybridized carbons (Fsp3) is 0.733. The number of Topliss-reactive ketones (excluding diaryl/α,β-unsaturated/α-hetero) is 2. The molecule has 1 aliphatic heterocycles. The van der Waals surface area contributed by atoms with Crippen LogP contribution >= 0.6 is 0 Å². The van der Waals surface area contributed by atoms with E-state index in [1.807, 2.05) is 0 Å². The summed E-state index contributed by atoms with van der Waals surface area (Å²) in [4.78, 5) is 26.4. The molecule has 0 atom stereocenters. The largest absolute Gasteiger partial charge is 0.374 e. The van der Waals surface area contributed by atoms with Crippen molar-refractivity contribution in [2.24, 2.45) is 0 Å². The Labute approximate surface area is 109 Å². The maximum Gasteiger partial charge on any atom is 0.168 e. The van der Waals surface area contributed by atoms with Crippen molar-refractivity contribution in [2.45, 2.75) is 58.3 Å². The Kier molecular flexibility index (Phi) is 4.56. The van der Waals surface area contributed by atoms with Crippen molar-refractivity contribution in [1.82, 2.24) is 4.90 Å². The van der Waals surface area contributed by atoms with E-state index in [-0.39, 0.29) is 11.6 Å². The molecule has 0 aromatic rings. The lowest BCUT2D eigenvalue weighted by molar-refractivity contribution is -0.124. The van der Waals surface area contributed by atoms with E-state index >= 15 is 0 Å². The number of hydrogen-bond acceptors (Lipinski definition) is 3. The Balaban J connectivity index is 2.28. The molecule has 18 heavy (non-hydrogen) atoms. The van der Waals surface area contributed by atoms with Gasteiger partial charge in [-0.1, -0.05) is 13.3 Å². The van der Waals surface area contributed by atoms with Crippen LogP contribution < -0.4 is 0 Å². The van der Waals surface area contributed by atoms with Gasteiger partial charge in [-0.05, 0) is 32.1 Å². The van der Waals surface area contributed by atoms with E-state index in [1.54, 1.807) is 0 Å². The van der Waals surface area contributed by atoms with Crippen molar-refractivity contribution in [3.05, 3.63) is 11.3 Å². The highest BCUT2D eigenvalue weighted by Gasteiger charge is 2.29. The first kappa shape index (κ1) is 13.3. The molecule has 2 rings (SSSR count). The SMILES string of the molecule is CCCCC(=C1C(=O)CCCC1=O)N1CCCC1. The Hall–Kier alpha value is -1.12. The van der Waals surface area contributed by atoms with Crippen molar-refractivity contribution < 1.29 is 9.59 Å². The summed E-state index contributed by atoms with van der Waals surface area (Å²) in [6.45, 7) is 4.18. The first-order valence-corrected chi connectivity index (χ1v) is 7.28. The minimum absolute atomic E-state index is 0.0873. The van der Waals surface area contributed by atoms with Crippen LogP contribution in [-0.2, 0) is 9.59 Å². The van der Waals surface area contributed by atoms with Gasteiger partial charge >= 0.3 is 0 Å². The van der Waals surface area contributed by atoms with Crippen molar-refractivity contribution in [2.75, 3.05) is 13.1 Å². The molecule has 0 amide bonds. The number of likely N-dealkylation sites (tertiary alicyclic amines) is 1. The number of carbonyl (C=O) groups excluding carboxylic acids is 2. The minimum Gasteiger partial charge on any atom is -0.374 e. The zero-order valence-electron chi connectivity index (χ0n) is 11.3. The zero-order valence-corrected chi connectivity index (χ0v) is 11.3. The monoisotopic (exact) mass is 249 g/mol. The predicted molar refractivity (Wildman–Crippen MR) is 71.2 cm³/mol. The van der Waals surface area contributed by atoms with Crippen LogP contribution in [0.1, 0.15) is 58.3 Å².